The largest absolute Gasteiger partial charge is 0.392 e. The van der Waals surface area contributed by atoms with Crippen molar-refractivity contribution in [3.05, 3.63) is 59.4 Å². The third kappa shape index (κ3) is 2.13. The smallest absolute Gasteiger partial charge is 0.137 e. The normalized spacial score (nSPS) is 11.1. The maximum Gasteiger partial charge on any atom is 0.137 e. The molecule has 2 aromatic heterocycles. The van der Waals surface area contributed by atoms with Crippen LogP contribution in [0, 0.1) is 13.8 Å². The average Bonchev–Trinajstić information content (AvgIpc) is 2.83. The third-order valence-corrected chi connectivity index (χ3v) is 3.38. The van der Waals surface area contributed by atoms with Gasteiger partial charge in [0.15, 0.2) is 0 Å². The van der Waals surface area contributed by atoms with Crippen LogP contribution in [0.1, 0.15) is 16.7 Å². The summed E-state index contributed by atoms with van der Waals surface area (Å²) in [7, 11) is 0. The molecule has 0 spiro atoms. The number of hydrogen-bond acceptors (Lipinski definition) is 2. The number of benzene rings is 1. The fourth-order valence-corrected chi connectivity index (χ4v) is 2.26. The summed E-state index contributed by atoms with van der Waals surface area (Å²) in [5.74, 6) is 0. The number of rotatable bonds is 2. The number of fused-ring (bicyclic) bond motifs is 1. The lowest BCUT2D eigenvalue weighted by Gasteiger charge is -2.03. The van der Waals surface area contributed by atoms with Gasteiger partial charge in [-0.25, -0.2) is 4.98 Å². The summed E-state index contributed by atoms with van der Waals surface area (Å²) in [6.07, 6.45) is 3.96. The van der Waals surface area contributed by atoms with E-state index in [1.165, 1.54) is 11.1 Å². The number of nitrogens with zero attached hydrogens (tertiary/aromatic N) is 2. The zero-order valence-corrected chi connectivity index (χ0v) is 11.1. The molecule has 0 unspecified atom stereocenters. The van der Waals surface area contributed by atoms with Gasteiger partial charge in [0.2, 0.25) is 0 Å². The first kappa shape index (κ1) is 11.9. The molecule has 3 nitrogen and oxygen atoms in total. The molecule has 1 N–H and O–H groups in total. The number of aliphatic hydroxyl groups is 1. The minimum absolute atomic E-state index is 0.0438. The quantitative estimate of drug-likeness (QED) is 0.761. The number of imidazole rings is 1. The minimum Gasteiger partial charge on any atom is -0.392 e. The first-order chi connectivity index (χ1) is 9.17. The summed E-state index contributed by atoms with van der Waals surface area (Å²) in [5, 5.41) is 9.16. The SMILES string of the molecule is Cc1ccc(C)c(-c2cn3ccc(CO)cc3n2)c1. The van der Waals surface area contributed by atoms with E-state index in [2.05, 4.69) is 37.0 Å². The number of aromatic nitrogens is 2. The molecule has 1 aromatic carbocycles. The van der Waals surface area contributed by atoms with Crippen molar-refractivity contribution < 1.29 is 5.11 Å². The molecule has 3 aromatic rings. The van der Waals surface area contributed by atoms with E-state index in [0.29, 0.717) is 0 Å². The number of pyridine rings is 1. The number of aryl methyl sites for hydroxylation is 2. The molecule has 19 heavy (non-hydrogen) atoms. The highest BCUT2D eigenvalue weighted by molar-refractivity contribution is 5.67. The highest BCUT2D eigenvalue weighted by Crippen LogP contribution is 2.24. The molecule has 0 amide bonds. The molecule has 0 saturated carbocycles. The number of hydrogen-bond donors (Lipinski definition) is 1. The highest BCUT2D eigenvalue weighted by Gasteiger charge is 2.07. The average molecular weight is 252 g/mol. The molecule has 2 heterocycles. The van der Waals surface area contributed by atoms with Gasteiger partial charge < -0.3 is 9.51 Å². The molecule has 0 saturated heterocycles. The fraction of sp³-hybridized carbons (Fsp3) is 0.188. The summed E-state index contributed by atoms with van der Waals surface area (Å²) in [4.78, 5) is 4.65. The van der Waals surface area contributed by atoms with Crippen molar-refractivity contribution in [3.8, 4) is 11.3 Å². The van der Waals surface area contributed by atoms with Gasteiger partial charge in [0.05, 0.1) is 12.3 Å². The summed E-state index contributed by atoms with van der Waals surface area (Å²) < 4.78 is 1.98. The van der Waals surface area contributed by atoms with E-state index in [0.717, 1.165) is 22.5 Å². The lowest BCUT2D eigenvalue weighted by molar-refractivity contribution is 0.282. The maximum atomic E-state index is 9.16. The molecule has 3 heteroatoms. The standard InChI is InChI=1S/C16H16N2O/c1-11-3-4-12(2)14(7-11)15-9-18-6-5-13(10-19)8-16(18)17-15/h3-9,19H,10H2,1-2H3. The van der Waals surface area contributed by atoms with Crippen LogP contribution in [0.25, 0.3) is 16.9 Å². The van der Waals surface area contributed by atoms with E-state index in [4.69, 9.17) is 5.11 Å². The summed E-state index contributed by atoms with van der Waals surface area (Å²) in [6.45, 7) is 4.22. The Labute approximate surface area is 112 Å². The fourth-order valence-electron chi connectivity index (χ4n) is 2.26. The van der Waals surface area contributed by atoms with Crippen molar-refractivity contribution in [3.63, 3.8) is 0 Å². The Kier molecular flexibility index (Phi) is 2.84. The molecule has 0 radical (unpaired) electrons. The Morgan fingerprint density at radius 3 is 2.79 bits per heavy atom. The Hall–Kier alpha value is -2.13. The maximum absolute atomic E-state index is 9.16. The topological polar surface area (TPSA) is 37.5 Å². The van der Waals surface area contributed by atoms with Crippen molar-refractivity contribution in [2.24, 2.45) is 0 Å². The van der Waals surface area contributed by atoms with E-state index < -0.39 is 0 Å². The first-order valence-corrected chi connectivity index (χ1v) is 6.33. The van der Waals surface area contributed by atoms with Gasteiger partial charge in [-0.1, -0.05) is 17.7 Å². The van der Waals surface area contributed by atoms with Gasteiger partial charge in [-0.3, -0.25) is 0 Å². The molecule has 0 fully saturated rings. The van der Waals surface area contributed by atoms with Crippen molar-refractivity contribution in [2.45, 2.75) is 20.5 Å². The van der Waals surface area contributed by atoms with Crippen LogP contribution in [0.5, 0.6) is 0 Å². The van der Waals surface area contributed by atoms with Crippen LogP contribution in [0.2, 0.25) is 0 Å². The lowest BCUT2D eigenvalue weighted by atomic mass is 10.0. The Morgan fingerprint density at radius 2 is 2.00 bits per heavy atom. The van der Waals surface area contributed by atoms with E-state index in [1.807, 2.05) is 28.9 Å². The molecule has 3 rings (SSSR count). The van der Waals surface area contributed by atoms with Crippen LogP contribution in [-0.4, -0.2) is 14.5 Å². The van der Waals surface area contributed by atoms with Gasteiger partial charge in [-0.2, -0.15) is 0 Å². The molecular formula is C16H16N2O. The van der Waals surface area contributed by atoms with Gasteiger partial charge >= 0.3 is 0 Å². The zero-order chi connectivity index (χ0) is 13.4. The molecule has 0 atom stereocenters. The van der Waals surface area contributed by atoms with Crippen LogP contribution in [-0.2, 0) is 6.61 Å². The van der Waals surface area contributed by atoms with Crippen molar-refractivity contribution in [1.82, 2.24) is 9.38 Å². The molecule has 96 valence electrons. The Balaban J connectivity index is 2.17. The molecular weight excluding hydrogens is 236 g/mol. The van der Waals surface area contributed by atoms with Gasteiger partial charge in [-0.15, -0.1) is 0 Å². The summed E-state index contributed by atoms with van der Waals surface area (Å²) in [5.41, 5.74) is 6.32. The van der Waals surface area contributed by atoms with Crippen molar-refractivity contribution >= 4 is 5.65 Å². The molecule has 0 aliphatic rings. The summed E-state index contributed by atoms with van der Waals surface area (Å²) >= 11 is 0. The monoisotopic (exact) mass is 252 g/mol. The predicted molar refractivity (Wildman–Crippen MR) is 76.0 cm³/mol. The summed E-state index contributed by atoms with van der Waals surface area (Å²) in [6, 6.07) is 10.2. The molecule has 0 aliphatic heterocycles. The second-order valence-corrected chi connectivity index (χ2v) is 4.90. The molecule has 0 aliphatic carbocycles. The highest BCUT2D eigenvalue weighted by atomic mass is 16.3. The minimum atomic E-state index is 0.0438. The Bertz CT molecular complexity index is 744. The zero-order valence-electron chi connectivity index (χ0n) is 11.1. The van der Waals surface area contributed by atoms with Gasteiger partial charge in [0.1, 0.15) is 5.65 Å². The van der Waals surface area contributed by atoms with Gasteiger partial charge in [0, 0.05) is 18.0 Å². The van der Waals surface area contributed by atoms with Crippen LogP contribution in [0.15, 0.2) is 42.7 Å². The van der Waals surface area contributed by atoms with Gasteiger partial charge in [-0.05, 0) is 43.2 Å². The van der Waals surface area contributed by atoms with Gasteiger partial charge in [0.25, 0.3) is 0 Å². The molecule has 0 bridgehead atoms. The van der Waals surface area contributed by atoms with Crippen molar-refractivity contribution in [1.29, 1.82) is 0 Å². The second-order valence-electron chi connectivity index (χ2n) is 4.90. The van der Waals surface area contributed by atoms with Crippen LogP contribution in [0.4, 0.5) is 0 Å². The van der Waals surface area contributed by atoms with E-state index in [1.54, 1.807) is 0 Å². The second kappa shape index (κ2) is 4.52. The predicted octanol–water partition coefficient (Wildman–Crippen LogP) is 3.11. The van der Waals surface area contributed by atoms with Crippen LogP contribution >= 0.6 is 0 Å². The van der Waals surface area contributed by atoms with Crippen LogP contribution < -0.4 is 0 Å². The lowest BCUT2D eigenvalue weighted by Crippen LogP contribution is -1.87. The first-order valence-electron chi connectivity index (χ1n) is 6.33. The third-order valence-electron chi connectivity index (χ3n) is 3.38. The Morgan fingerprint density at radius 1 is 1.16 bits per heavy atom. The van der Waals surface area contributed by atoms with Crippen LogP contribution in [0.3, 0.4) is 0 Å². The van der Waals surface area contributed by atoms with E-state index >= 15 is 0 Å². The number of aliphatic hydroxyl groups excluding tert-OH is 1. The van der Waals surface area contributed by atoms with E-state index in [-0.39, 0.29) is 6.61 Å². The van der Waals surface area contributed by atoms with Crippen molar-refractivity contribution in [2.75, 3.05) is 0 Å². The van der Waals surface area contributed by atoms with E-state index in [9.17, 15) is 0 Å².